The van der Waals surface area contributed by atoms with Crippen molar-refractivity contribution in [2.45, 2.75) is 17.9 Å². The van der Waals surface area contributed by atoms with Crippen molar-refractivity contribution >= 4 is 15.7 Å². The van der Waals surface area contributed by atoms with E-state index in [-0.39, 0.29) is 11.4 Å². The van der Waals surface area contributed by atoms with Gasteiger partial charge in [-0.3, -0.25) is 9.97 Å². The van der Waals surface area contributed by atoms with Crippen molar-refractivity contribution in [1.29, 1.82) is 0 Å². The normalized spacial score (nSPS) is 19.2. The summed E-state index contributed by atoms with van der Waals surface area (Å²) in [7, 11) is -1.75. The second kappa shape index (κ2) is 6.84. The van der Waals surface area contributed by atoms with Crippen molar-refractivity contribution in [2.75, 3.05) is 32.1 Å². The zero-order valence-corrected chi connectivity index (χ0v) is 14.5. The summed E-state index contributed by atoms with van der Waals surface area (Å²) in [4.78, 5) is 8.59. The Morgan fingerprint density at radius 3 is 2.92 bits per heavy atom. The monoisotopic (exact) mass is 348 g/mol. The summed E-state index contributed by atoms with van der Waals surface area (Å²) in [5.41, 5.74) is 2.51. The molecule has 1 saturated heterocycles. The van der Waals surface area contributed by atoms with Gasteiger partial charge >= 0.3 is 0 Å². The molecule has 0 aliphatic carbocycles. The van der Waals surface area contributed by atoms with Gasteiger partial charge in [-0.2, -0.15) is 4.31 Å². The minimum atomic E-state index is -3.58. The summed E-state index contributed by atoms with van der Waals surface area (Å²) in [6.07, 6.45) is 2.53. The second-order valence-corrected chi connectivity index (χ2v) is 7.52. The molecule has 128 valence electrons. The van der Waals surface area contributed by atoms with E-state index in [0.29, 0.717) is 13.2 Å². The summed E-state index contributed by atoms with van der Waals surface area (Å²) in [6, 6.07) is 6.98. The van der Waals surface area contributed by atoms with E-state index in [9.17, 15) is 8.42 Å². The molecule has 24 heavy (non-hydrogen) atoms. The van der Waals surface area contributed by atoms with E-state index in [1.165, 1.54) is 10.5 Å². The van der Waals surface area contributed by atoms with E-state index in [0.717, 1.165) is 17.1 Å². The summed E-state index contributed by atoms with van der Waals surface area (Å²) in [5, 5.41) is 3.08. The highest BCUT2D eigenvalue weighted by atomic mass is 32.2. The SMILES string of the molecule is CNc1cc(C)nc([C@H]2CN(S(=O)(=O)c3cccnc3)CCO2)c1. The van der Waals surface area contributed by atoms with Gasteiger partial charge < -0.3 is 10.1 Å². The van der Waals surface area contributed by atoms with Crippen molar-refractivity contribution in [3.05, 3.63) is 48.0 Å². The van der Waals surface area contributed by atoms with Gasteiger partial charge in [-0.15, -0.1) is 0 Å². The van der Waals surface area contributed by atoms with Gasteiger partial charge in [0.05, 0.1) is 12.3 Å². The van der Waals surface area contributed by atoms with Gasteiger partial charge in [0.2, 0.25) is 10.0 Å². The highest BCUT2D eigenvalue weighted by Gasteiger charge is 2.32. The third-order valence-electron chi connectivity index (χ3n) is 3.89. The molecule has 1 aliphatic heterocycles. The Hall–Kier alpha value is -2.03. The van der Waals surface area contributed by atoms with Crippen LogP contribution in [0.1, 0.15) is 17.5 Å². The molecule has 0 radical (unpaired) electrons. The molecule has 1 aliphatic rings. The predicted octanol–water partition coefficient (Wildman–Crippen LogP) is 1.59. The molecule has 0 aromatic carbocycles. The fraction of sp³-hybridized carbons (Fsp3) is 0.375. The molecule has 0 amide bonds. The van der Waals surface area contributed by atoms with Gasteiger partial charge in [-0.1, -0.05) is 0 Å². The van der Waals surface area contributed by atoms with Gasteiger partial charge in [0.1, 0.15) is 11.0 Å². The first kappa shape index (κ1) is 16.8. The van der Waals surface area contributed by atoms with E-state index < -0.39 is 16.1 Å². The number of nitrogens with one attached hydrogen (secondary N) is 1. The number of aromatic nitrogens is 2. The smallest absolute Gasteiger partial charge is 0.244 e. The van der Waals surface area contributed by atoms with Crippen LogP contribution in [0.4, 0.5) is 5.69 Å². The van der Waals surface area contributed by atoms with E-state index in [1.807, 2.05) is 26.1 Å². The van der Waals surface area contributed by atoms with Crippen LogP contribution in [0.3, 0.4) is 0 Å². The molecule has 3 heterocycles. The number of sulfonamides is 1. The first-order chi connectivity index (χ1) is 11.5. The van der Waals surface area contributed by atoms with Crippen LogP contribution < -0.4 is 5.32 Å². The molecule has 1 fully saturated rings. The lowest BCUT2D eigenvalue weighted by atomic mass is 10.1. The van der Waals surface area contributed by atoms with E-state index in [2.05, 4.69) is 15.3 Å². The maximum atomic E-state index is 12.8. The lowest BCUT2D eigenvalue weighted by Crippen LogP contribution is -2.42. The number of hydrogen-bond acceptors (Lipinski definition) is 6. The molecule has 3 rings (SSSR count). The van der Waals surface area contributed by atoms with Crippen LogP contribution in [0.5, 0.6) is 0 Å². The van der Waals surface area contributed by atoms with Gasteiger partial charge in [0.15, 0.2) is 0 Å². The number of hydrogen-bond donors (Lipinski definition) is 1. The minimum absolute atomic E-state index is 0.193. The van der Waals surface area contributed by atoms with Crippen LogP contribution in [0.15, 0.2) is 41.6 Å². The molecule has 0 unspecified atom stereocenters. The van der Waals surface area contributed by atoms with Crippen LogP contribution in [-0.2, 0) is 14.8 Å². The van der Waals surface area contributed by atoms with E-state index in [4.69, 9.17) is 4.74 Å². The molecule has 0 saturated carbocycles. The standard InChI is InChI=1S/C16H20N4O3S/c1-12-8-13(17-2)9-15(19-12)16-11-20(6-7-23-16)24(21,22)14-4-3-5-18-10-14/h3-5,8-10,16H,6-7,11H2,1-2H3,(H,17,19)/t16-/m1/s1. The van der Waals surface area contributed by atoms with Crippen molar-refractivity contribution in [3.8, 4) is 0 Å². The zero-order chi connectivity index (χ0) is 17.2. The second-order valence-electron chi connectivity index (χ2n) is 5.58. The first-order valence-electron chi connectivity index (χ1n) is 7.69. The molecular formula is C16H20N4O3S. The summed E-state index contributed by atoms with van der Waals surface area (Å²) in [6.45, 7) is 2.78. The Labute approximate surface area is 141 Å². The lowest BCUT2D eigenvalue weighted by molar-refractivity contribution is -0.00497. The number of rotatable bonds is 4. The van der Waals surface area contributed by atoms with Crippen LogP contribution in [-0.4, -0.2) is 49.4 Å². The average molecular weight is 348 g/mol. The maximum Gasteiger partial charge on any atom is 0.244 e. The van der Waals surface area contributed by atoms with Crippen molar-refractivity contribution < 1.29 is 13.2 Å². The van der Waals surface area contributed by atoms with Crippen molar-refractivity contribution in [1.82, 2.24) is 14.3 Å². The number of aryl methyl sites for hydroxylation is 1. The third-order valence-corrected chi connectivity index (χ3v) is 5.74. The number of ether oxygens (including phenoxy) is 1. The first-order valence-corrected chi connectivity index (χ1v) is 9.13. The Morgan fingerprint density at radius 2 is 2.21 bits per heavy atom. The fourth-order valence-electron chi connectivity index (χ4n) is 2.68. The maximum absolute atomic E-state index is 12.8. The largest absolute Gasteiger partial charge is 0.388 e. The van der Waals surface area contributed by atoms with Gasteiger partial charge in [-0.25, -0.2) is 8.42 Å². The number of morpholine rings is 1. The number of nitrogens with zero attached hydrogens (tertiary/aromatic N) is 3. The molecule has 0 bridgehead atoms. The summed E-state index contributed by atoms with van der Waals surface area (Å²) in [5.74, 6) is 0. The molecule has 1 atom stereocenters. The van der Waals surface area contributed by atoms with Crippen molar-refractivity contribution in [3.63, 3.8) is 0 Å². The van der Waals surface area contributed by atoms with Gasteiger partial charge in [0, 0.05) is 43.9 Å². The molecule has 2 aromatic rings. The average Bonchev–Trinajstić information content (AvgIpc) is 2.62. The highest BCUT2D eigenvalue weighted by Crippen LogP contribution is 2.27. The predicted molar refractivity (Wildman–Crippen MR) is 90.2 cm³/mol. The fourth-order valence-corrected chi connectivity index (χ4v) is 4.06. The van der Waals surface area contributed by atoms with Crippen LogP contribution in [0, 0.1) is 6.92 Å². The van der Waals surface area contributed by atoms with E-state index in [1.54, 1.807) is 18.3 Å². The Bertz CT molecular complexity index is 811. The minimum Gasteiger partial charge on any atom is -0.388 e. The quantitative estimate of drug-likeness (QED) is 0.903. The van der Waals surface area contributed by atoms with Crippen LogP contribution in [0.2, 0.25) is 0 Å². The summed E-state index contributed by atoms with van der Waals surface area (Å²) >= 11 is 0. The lowest BCUT2D eigenvalue weighted by Gasteiger charge is -2.32. The highest BCUT2D eigenvalue weighted by molar-refractivity contribution is 7.89. The number of anilines is 1. The van der Waals surface area contributed by atoms with Gasteiger partial charge in [0.25, 0.3) is 0 Å². The molecular weight excluding hydrogens is 328 g/mol. The number of pyridine rings is 2. The summed E-state index contributed by atoms with van der Waals surface area (Å²) < 4.78 is 32.7. The Morgan fingerprint density at radius 1 is 1.38 bits per heavy atom. The zero-order valence-electron chi connectivity index (χ0n) is 13.6. The van der Waals surface area contributed by atoms with Crippen LogP contribution >= 0.6 is 0 Å². The van der Waals surface area contributed by atoms with Crippen molar-refractivity contribution in [2.24, 2.45) is 0 Å². The topological polar surface area (TPSA) is 84.4 Å². The molecule has 7 nitrogen and oxygen atoms in total. The molecule has 1 N–H and O–H groups in total. The van der Waals surface area contributed by atoms with Crippen LogP contribution in [0.25, 0.3) is 0 Å². The third kappa shape index (κ3) is 3.40. The van der Waals surface area contributed by atoms with Gasteiger partial charge in [-0.05, 0) is 31.2 Å². The molecule has 2 aromatic heterocycles. The Kier molecular flexibility index (Phi) is 4.79. The van der Waals surface area contributed by atoms with E-state index >= 15 is 0 Å². The molecule has 0 spiro atoms. The molecule has 8 heteroatoms. The Balaban J connectivity index is 1.86.